The molecule has 2 saturated heterocycles. The molecule has 24 nitrogen and oxygen atoms in total. The molecule has 28 heteroatoms. The molecule has 2 aromatic rings. The third-order valence-corrected chi connectivity index (χ3v) is 13.8. The standard InChI is InChI=1S/2C23H25N3O9S.2Na/c2*1-11-18(35-12(2)27)17(23(33)34)26-20(30)16(21(26)36-11)25-15(28)10-6-9-14(22(31)32)24-19(29)13-7-4-3-5-8-13;;/h2*3-5,7-8,11,14,16,21H,6,9-10H2,1-2H3,(H,24,29)(H,25,28)(H,31,32)(H,33,34);;/q;;2*+1/p-2/t2*11?,14-,16-,21-;;/m11../s1. The van der Waals surface area contributed by atoms with Crippen molar-refractivity contribution in [1.29, 1.82) is 0 Å². The summed E-state index contributed by atoms with van der Waals surface area (Å²) in [5.74, 6) is -11.3. The van der Waals surface area contributed by atoms with Crippen LogP contribution in [-0.4, -0.2) is 137 Å². The quantitative estimate of drug-likeness (QED) is 0.0408. The average molecular weight is 1080 g/mol. The molecule has 4 aliphatic rings. The summed E-state index contributed by atoms with van der Waals surface area (Å²) in [7, 11) is 0. The van der Waals surface area contributed by atoms with Gasteiger partial charge >= 0.3 is 83.0 Å². The predicted octanol–water partition coefficient (Wildman–Crippen LogP) is -7.29. The van der Waals surface area contributed by atoms with E-state index in [-0.39, 0.29) is 109 Å². The Balaban J connectivity index is 0.000000380. The molecular weight excluding hydrogens is 1030 g/mol. The number of hydrogen-bond donors (Lipinski definition) is 6. The summed E-state index contributed by atoms with van der Waals surface area (Å²) in [4.78, 5) is 145. The van der Waals surface area contributed by atoms with Crippen LogP contribution in [0.15, 0.2) is 83.6 Å². The molecule has 74 heavy (non-hydrogen) atoms. The minimum Gasteiger partial charge on any atom is -0.543 e. The number of benzene rings is 2. The summed E-state index contributed by atoms with van der Waals surface area (Å²) >= 11 is 2.28. The molecular formula is C46H48N6Na2O18S2. The topological polar surface area (TPSA) is 364 Å². The van der Waals surface area contributed by atoms with E-state index < -0.39 is 128 Å². The Labute approximate surface area is 475 Å². The van der Waals surface area contributed by atoms with Gasteiger partial charge in [0.05, 0.1) is 22.4 Å². The van der Waals surface area contributed by atoms with Crippen molar-refractivity contribution in [2.45, 2.75) is 112 Å². The van der Waals surface area contributed by atoms with E-state index in [1.807, 2.05) is 0 Å². The first kappa shape index (κ1) is 62.6. The van der Waals surface area contributed by atoms with E-state index >= 15 is 0 Å². The summed E-state index contributed by atoms with van der Waals surface area (Å²) < 4.78 is 9.97. The Bertz CT molecular complexity index is 2430. The van der Waals surface area contributed by atoms with Gasteiger partial charge in [-0.2, -0.15) is 0 Å². The van der Waals surface area contributed by atoms with Crippen LogP contribution in [0.2, 0.25) is 0 Å². The van der Waals surface area contributed by atoms with Crippen LogP contribution in [0.3, 0.4) is 0 Å². The molecule has 2 unspecified atom stereocenters. The van der Waals surface area contributed by atoms with E-state index in [2.05, 4.69) is 21.3 Å². The number of fused-ring (bicyclic) bond motifs is 2. The molecule has 6 amide bonds. The fourth-order valence-electron chi connectivity index (χ4n) is 7.68. The van der Waals surface area contributed by atoms with Crippen LogP contribution in [0.25, 0.3) is 0 Å². The van der Waals surface area contributed by atoms with Crippen molar-refractivity contribution >= 4 is 94.8 Å². The molecule has 0 aromatic heterocycles. The van der Waals surface area contributed by atoms with Gasteiger partial charge in [0.1, 0.15) is 57.8 Å². The van der Waals surface area contributed by atoms with Crippen LogP contribution in [0.4, 0.5) is 0 Å². The number of amides is 6. The second-order valence-corrected chi connectivity index (χ2v) is 19.2. The summed E-state index contributed by atoms with van der Waals surface area (Å²) in [6, 6.07) is 11.7. The Hall–Kier alpha value is -5.74. The number of carbonyl (C=O) groups is 12. The fourth-order valence-corrected chi connectivity index (χ4v) is 10.4. The number of nitrogens with zero attached hydrogens (tertiary/aromatic N) is 2. The molecule has 0 radical (unpaired) electrons. The molecule has 0 bridgehead atoms. The van der Waals surface area contributed by atoms with Crippen molar-refractivity contribution in [3.05, 3.63) is 94.7 Å². The molecule has 8 atom stereocenters. The zero-order chi connectivity index (χ0) is 53.1. The number of hydrogen-bond acceptors (Lipinski definition) is 18. The van der Waals surface area contributed by atoms with E-state index in [1.165, 1.54) is 0 Å². The van der Waals surface area contributed by atoms with Gasteiger partial charge in [0.15, 0.2) is 0 Å². The van der Waals surface area contributed by atoms with Gasteiger partial charge in [-0.05, 0) is 63.8 Å². The van der Waals surface area contributed by atoms with Crippen LogP contribution in [-0.2, 0) is 57.4 Å². The summed E-state index contributed by atoms with van der Waals surface area (Å²) in [5.41, 5.74) is -0.489. The van der Waals surface area contributed by atoms with Crippen LogP contribution >= 0.6 is 23.5 Å². The van der Waals surface area contributed by atoms with Crippen molar-refractivity contribution < 1.29 is 147 Å². The number of carbonyl (C=O) groups excluding carboxylic acids is 10. The first-order valence-electron chi connectivity index (χ1n) is 22.0. The largest absolute Gasteiger partial charge is 1.00 e. The third kappa shape index (κ3) is 15.7. The second kappa shape index (κ2) is 28.2. The van der Waals surface area contributed by atoms with Crippen molar-refractivity contribution in [3.8, 4) is 0 Å². The number of carboxylic acid groups (broad SMARTS) is 4. The molecule has 0 aliphatic carbocycles. The molecule has 6 rings (SSSR count). The predicted molar refractivity (Wildman–Crippen MR) is 245 cm³/mol. The second-order valence-electron chi connectivity index (χ2n) is 16.3. The summed E-state index contributed by atoms with van der Waals surface area (Å²) in [5, 5.41) is 49.4. The smallest absolute Gasteiger partial charge is 0.543 e. The third-order valence-electron chi connectivity index (χ3n) is 11.1. The van der Waals surface area contributed by atoms with Gasteiger partial charge in [0, 0.05) is 37.8 Å². The Morgan fingerprint density at radius 2 is 0.919 bits per heavy atom. The Morgan fingerprint density at radius 3 is 1.20 bits per heavy atom. The van der Waals surface area contributed by atoms with Crippen LogP contribution in [0, 0.1) is 0 Å². The number of carboxylic acids is 4. The van der Waals surface area contributed by atoms with Gasteiger partial charge in [0.2, 0.25) is 11.8 Å². The van der Waals surface area contributed by atoms with E-state index in [0.29, 0.717) is 11.1 Å². The van der Waals surface area contributed by atoms with Gasteiger partial charge in [-0.15, -0.1) is 23.5 Å². The van der Waals surface area contributed by atoms with Crippen molar-refractivity contribution in [1.82, 2.24) is 31.1 Å². The van der Waals surface area contributed by atoms with E-state index in [9.17, 15) is 78.0 Å². The molecule has 6 N–H and O–H groups in total. The maximum absolute atomic E-state index is 12.6. The average Bonchev–Trinajstić information content (AvgIpc) is 3.32. The summed E-state index contributed by atoms with van der Waals surface area (Å²) in [6.07, 6.45) is -0.0721. The minimum atomic E-state index is -1.68. The molecule has 4 aliphatic heterocycles. The van der Waals surface area contributed by atoms with Crippen LogP contribution in [0.5, 0.6) is 0 Å². The van der Waals surface area contributed by atoms with Crippen LogP contribution in [0.1, 0.15) is 86.9 Å². The molecule has 0 spiro atoms. The van der Waals surface area contributed by atoms with E-state index in [0.717, 1.165) is 47.2 Å². The van der Waals surface area contributed by atoms with Gasteiger partial charge < -0.3 is 60.8 Å². The number of β-lactam (4-membered cyclic amide) rings is 2. The molecule has 384 valence electrons. The van der Waals surface area contributed by atoms with Crippen molar-refractivity contribution in [2.75, 3.05) is 0 Å². The van der Waals surface area contributed by atoms with Gasteiger partial charge in [-0.3, -0.25) is 48.2 Å². The van der Waals surface area contributed by atoms with Crippen molar-refractivity contribution in [2.24, 2.45) is 0 Å². The maximum Gasteiger partial charge on any atom is 1.00 e. The normalized spacial score (nSPS) is 21.0. The zero-order valence-electron chi connectivity index (χ0n) is 40.8. The zero-order valence-corrected chi connectivity index (χ0v) is 46.4. The number of ether oxygens (including phenoxy) is 2. The molecule has 2 fully saturated rings. The number of nitrogens with one attached hydrogen (secondary N) is 4. The SMILES string of the molecule is CC(=O)OC1=C(C(=O)[O-])N2C(=O)[C@@H](NC(=O)CCC[C@@H](NC(=O)c3ccccc3)C(=O)O)[C@H]2SC1C.CC(=O)OC1=C(C(=O)[O-])N2C(=O)[C@@H](NC(=O)CCC[C@@H](NC(=O)c3ccccc3)C(=O)O)[C@H]2SC1C.[Na+].[Na+]. The summed E-state index contributed by atoms with van der Waals surface area (Å²) in [6.45, 7) is 5.40. The minimum absolute atomic E-state index is 0. The Morgan fingerprint density at radius 1 is 0.595 bits per heavy atom. The fraction of sp³-hybridized carbons (Fsp3) is 0.391. The molecule has 4 heterocycles. The van der Waals surface area contributed by atoms with Gasteiger partial charge in [-0.1, -0.05) is 36.4 Å². The Kier molecular flexibility index (Phi) is 23.9. The number of thioether (sulfide) groups is 2. The number of aliphatic carboxylic acids is 4. The van der Waals surface area contributed by atoms with E-state index in [1.54, 1.807) is 74.5 Å². The molecule has 2 aromatic carbocycles. The van der Waals surface area contributed by atoms with E-state index in [4.69, 9.17) is 9.47 Å². The first-order valence-corrected chi connectivity index (χ1v) is 23.9. The first-order chi connectivity index (χ1) is 34.0. The van der Waals surface area contributed by atoms with Crippen LogP contribution < -0.4 is 90.6 Å². The van der Waals surface area contributed by atoms with Crippen molar-refractivity contribution in [3.63, 3.8) is 0 Å². The molecule has 0 saturated carbocycles. The number of esters is 2. The van der Waals surface area contributed by atoms with Gasteiger partial charge in [0.25, 0.3) is 23.6 Å². The maximum atomic E-state index is 12.6. The monoisotopic (exact) mass is 1080 g/mol. The van der Waals surface area contributed by atoms with Gasteiger partial charge in [-0.25, -0.2) is 9.59 Å². The number of rotatable bonds is 20.